The second kappa shape index (κ2) is 7.97. The van der Waals surface area contributed by atoms with Gasteiger partial charge >= 0.3 is 0 Å². The van der Waals surface area contributed by atoms with E-state index in [4.69, 9.17) is 16.3 Å². The molecule has 0 unspecified atom stereocenters. The molecule has 0 radical (unpaired) electrons. The Morgan fingerprint density at radius 1 is 1.41 bits per heavy atom. The van der Waals surface area contributed by atoms with Crippen molar-refractivity contribution in [1.29, 1.82) is 0 Å². The molecule has 0 fully saturated rings. The molecule has 0 aliphatic heterocycles. The smallest absolute Gasteiger partial charge is 0.238 e. The molecule has 7 heteroatoms. The lowest BCUT2D eigenvalue weighted by Gasteiger charge is -2.15. The van der Waals surface area contributed by atoms with Crippen LogP contribution in [0.25, 0.3) is 0 Å². The van der Waals surface area contributed by atoms with E-state index >= 15 is 0 Å². The van der Waals surface area contributed by atoms with Crippen LogP contribution in [0.3, 0.4) is 0 Å². The van der Waals surface area contributed by atoms with Crippen molar-refractivity contribution in [2.24, 2.45) is 0 Å². The van der Waals surface area contributed by atoms with E-state index in [0.717, 1.165) is 10.3 Å². The Kier molecular flexibility index (Phi) is 6.26. The summed E-state index contributed by atoms with van der Waals surface area (Å²) in [5.41, 5.74) is 0.656. The van der Waals surface area contributed by atoms with Gasteiger partial charge in [0.2, 0.25) is 5.91 Å². The van der Waals surface area contributed by atoms with Crippen molar-refractivity contribution >= 4 is 50.5 Å². The molecular formula is C15H16BrClN2O2S. The summed E-state index contributed by atoms with van der Waals surface area (Å²) >= 11 is 11.1. The zero-order chi connectivity index (χ0) is 16.1. The largest absolute Gasteiger partial charge is 0.495 e. The lowest BCUT2D eigenvalue weighted by atomic mass is 10.3. The second-order valence-corrected chi connectivity index (χ2v) is 7.73. The minimum absolute atomic E-state index is 0.0839. The zero-order valence-electron chi connectivity index (χ0n) is 12.2. The molecule has 4 nitrogen and oxygen atoms in total. The van der Waals surface area contributed by atoms with Gasteiger partial charge in [0.25, 0.3) is 0 Å². The van der Waals surface area contributed by atoms with E-state index < -0.39 is 0 Å². The second-order valence-electron chi connectivity index (χ2n) is 4.78. The Morgan fingerprint density at radius 2 is 2.18 bits per heavy atom. The molecule has 2 rings (SSSR count). The predicted molar refractivity (Wildman–Crippen MR) is 95.0 cm³/mol. The lowest BCUT2D eigenvalue weighted by molar-refractivity contribution is -0.117. The lowest BCUT2D eigenvalue weighted by Crippen LogP contribution is -2.29. The monoisotopic (exact) mass is 402 g/mol. The molecule has 0 saturated heterocycles. The number of halogens is 2. The molecule has 1 aromatic carbocycles. The highest BCUT2D eigenvalue weighted by atomic mass is 79.9. The van der Waals surface area contributed by atoms with E-state index in [9.17, 15) is 4.79 Å². The molecule has 0 aliphatic rings. The third-order valence-corrected chi connectivity index (χ3v) is 4.81. The van der Waals surface area contributed by atoms with E-state index in [0.29, 0.717) is 23.0 Å². The van der Waals surface area contributed by atoms with E-state index in [2.05, 4.69) is 21.2 Å². The highest BCUT2D eigenvalue weighted by Gasteiger charge is 2.10. The summed E-state index contributed by atoms with van der Waals surface area (Å²) in [7, 11) is 3.46. The number of nitrogens with zero attached hydrogens (tertiary/aromatic N) is 1. The molecule has 0 spiro atoms. The quantitative estimate of drug-likeness (QED) is 0.784. The number of rotatable bonds is 6. The number of carbonyl (C=O) groups is 1. The average molecular weight is 404 g/mol. The van der Waals surface area contributed by atoms with Crippen molar-refractivity contribution in [2.75, 3.05) is 26.0 Å². The number of amides is 1. The first-order valence-electron chi connectivity index (χ1n) is 6.54. The van der Waals surface area contributed by atoms with Crippen LogP contribution < -0.4 is 10.1 Å². The molecule has 0 atom stereocenters. The Hall–Kier alpha value is -1.08. The van der Waals surface area contributed by atoms with Crippen LogP contribution in [0.2, 0.25) is 5.02 Å². The summed E-state index contributed by atoms with van der Waals surface area (Å²) in [5.74, 6) is 0.499. The first kappa shape index (κ1) is 17.3. The van der Waals surface area contributed by atoms with Gasteiger partial charge in [-0.05, 0) is 53.3 Å². The third-order valence-electron chi connectivity index (χ3n) is 2.90. The molecular weight excluding hydrogens is 388 g/mol. The highest BCUT2D eigenvalue weighted by molar-refractivity contribution is 9.11. The van der Waals surface area contributed by atoms with Gasteiger partial charge in [0.1, 0.15) is 5.75 Å². The van der Waals surface area contributed by atoms with Crippen molar-refractivity contribution < 1.29 is 9.53 Å². The summed E-state index contributed by atoms with van der Waals surface area (Å²) < 4.78 is 6.17. The highest BCUT2D eigenvalue weighted by Crippen LogP contribution is 2.27. The van der Waals surface area contributed by atoms with Gasteiger partial charge in [-0.15, -0.1) is 11.3 Å². The van der Waals surface area contributed by atoms with Crippen molar-refractivity contribution in [3.8, 4) is 5.75 Å². The van der Waals surface area contributed by atoms with Crippen molar-refractivity contribution in [1.82, 2.24) is 4.90 Å². The molecule has 1 N–H and O–H groups in total. The SMILES string of the molecule is COc1ccc(NC(=O)CN(C)Cc2ccc(Br)s2)cc1Cl. The number of benzene rings is 1. The van der Waals surface area contributed by atoms with E-state index in [1.54, 1.807) is 36.6 Å². The number of ether oxygens (including phenoxy) is 1. The maximum absolute atomic E-state index is 12.1. The number of hydrogen-bond acceptors (Lipinski definition) is 4. The van der Waals surface area contributed by atoms with Crippen molar-refractivity contribution in [2.45, 2.75) is 6.54 Å². The number of nitrogens with one attached hydrogen (secondary N) is 1. The molecule has 0 bridgehead atoms. The number of hydrogen-bond donors (Lipinski definition) is 1. The van der Waals surface area contributed by atoms with Gasteiger partial charge in [0, 0.05) is 17.1 Å². The minimum Gasteiger partial charge on any atom is -0.495 e. The maximum Gasteiger partial charge on any atom is 0.238 e. The summed E-state index contributed by atoms with van der Waals surface area (Å²) in [6, 6.07) is 9.22. The number of anilines is 1. The number of likely N-dealkylation sites (N-methyl/N-ethyl adjacent to an activating group) is 1. The Balaban J connectivity index is 1.88. The Labute approximate surface area is 147 Å². The number of thiophene rings is 1. The topological polar surface area (TPSA) is 41.6 Å². The van der Waals surface area contributed by atoms with Crippen LogP contribution in [0.1, 0.15) is 4.88 Å². The van der Waals surface area contributed by atoms with Crippen molar-refractivity contribution in [3.63, 3.8) is 0 Å². The molecule has 0 saturated carbocycles. The molecule has 0 aliphatic carbocycles. The molecule has 1 amide bonds. The standard InChI is InChI=1S/C15H16BrClN2O2S/c1-19(8-11-4-6-14(16)22-11)9-15(20)18-10-3-5-13(21-2)12(17)7-10/h3-7H,8-9H2,1-2H3,(H,18,20). The van der Waals surface area contributed by atoms with E-state index in [1.807, 2.05) is 24.1 Å². The van der Waals surface area contributed by atoms with Gasteiger partial charge in [0.15, 0.2) is 0 Å². The van der Waals surface area contributed by atoms with Crippen molar-refractivity contribution in [3.05, 3.63) is 44.0 Å². The molecule has 1 heterocycles. The number of methoxy groups -OCH3 is 1. The van der Waals surface area contributed by atoms with E-state index in [-0.39, 0.29) is 5.91 Å². The van der Waals surface area contributed by atoms with Gasteiger partial charge in [-0.25, -0.2) is 0 Å². The van der Waals surface area contributed by atoms with Gasteiger partial charge < -0.3 is 10.1 Å². The van der Waals surface area contributed by atoms with Crippen LogP contribution in [0.4, 0.5) is 5.69 Å². The summed E-state index contributed by atoms with van der Waals surface area (Å²) in [5, 5.41) is 3.30. The maximum atomic E-state index is 12.1. The third kappa shape index (κ3) is 4.98. The molecule has 1 aromatic heterocycles. The summed E-state index contributed by atoms with van der Waals surface area (Å²) in [4.78, 5) is 15.2. The summed E-state index contributed by atoms with van der Waals surface area (Å²) in [6.45, 7) is 1.03. The average Bonchev–Trinajstić information content (AvgIpc) is 2.83. The Morgan fingerprint density at radius 3 is 2.77 bits per heavy atom. The fourth-order valence-corrected chi connectivity index (χ4v) is 3.77. The fraction of sp³-hybridized carbons (Fsp3) is 0.267. The van der Waals surface area contributed by atoms with Crippen LogP contribution in [0.5, 0.6) is 5.75 Å². The Bertz CT molecular complexity index is 663. The molecule has 2 aromatic rings. The van der Waals surface area contributed by atoms with Crippen LogP contribution in [0.15, 0.2) is 34.1 Å². The molecule has 22 heavy (non-hydrogen) atoms. The van der Waals surface area contributed by atoms with Gasteiger partial charge in [-0.2, -0.15) is 0 Å². The van der Waals surface area contributed by atoms with Gasteiger partial charge in [0.05, 0.1) is 22.5 Å². The van der Waals surface area contributed by atoms with E-state index in [1.165, 1.54) is 4.88 Å². The van der Waals surface area contributed by atoms with Crippen LogP contribution >= 0.6 is 38.9 Å². The predicted octanol–water partition coefficient (Wildman–Crippen LogP) is 4.24. The first-order chi connectivity index (χ1) is 10.5. The fourth-order valence-electron chi connectivity index (χ4n) is 1.95. The minimum atomic E-state index is -0.0839. The zero-order valence-corrected chi connectivity index (χ0v) is 15.4. The first-order valence-corrected chi connectivity index (χ1v) is 8.53. The van der Waals surface area contributed by atoms with Gasteiger partial charge in [-0.3, -0.25) is 9.69 Å². The van der Waals surface area contributed by atoms with Crippen LogP contribution in [-0.4, -0.2) is 31.5 Å². The normalized spacial score (nSPS) is 10.8. The number of carbonyl (C=O) groups excluding carboxylic acids is 1. The van der Waals surface area contributed by atoms with Gasteiger partial charge in [-0.1, -0.05) is 11.6 Å². The van der Waals surface area contributed by atoms with Crippen LogP contribution in [0, 0.1) is 0 Å². The molecule has 118 valence electrons. The summed E-state index contributed by atoms with van der Waals surface area (Å²) in [6.07, 6.45) is 0. The van der Waals surface area contributed by atoms with Crippen LogP contribution in [-0.2, 0) is 11.3 Å².